The molecule has 3 heteroatoms. The zero-order chi connectivity index (χ0) is 16.3. The first-order chi connectivity index (χ1) is 11.1. The van der Waals surface area contributed by atoms with E-state index in [0.29, 0.717) is 11.8 Å². The zero-order valence-corrected chi connectivity index (χ0v) is 14.5. The van der Waals surface area contributed by atoms with Crippen LogP contribution in [0.2, 0.25) is 0 Å². The van der Waals surface area contributed by atoms with Gasteiger partial charge in [0.2, 0.25) is 0 Å². The van der Waals surface area contributed by atoms with Crippen molar-refractivity contribution >= 4 is 5.78 Å². The average Bonchev–Trinajstić information content (AvgIpc) is 3.31. The van der Waals surface area contributed by atoms with Gasteiger partial charge in [-0.25, -0.2) is 0 Å². The van der Waals surface area contributed by atoms with Crippen molar-refractivity contribution in [3.05, 3.63) is 34.5 Å². The van der Waals surface area contributed by atoms with E-state index < -0.39 is 0 Å². The molecule has 0 spiro atoms. The fraction of sp³-hybridized carbons (Fsp3) is 0.650. The van der Waals surface area contributed by atoms with Gasteiger partial charge in [-0.1, -0.05) is 19.8 Å². The molecule has 2 aliphatic rings. The molecule has 3 rings (SSSR count). The van der Waals surface area contributed by atoms with Crippen molar-refractivity contribution in [1.82, 2.24) is 0 Å². The van der Waals surface area contributed by atoms with Gasteiger partial charge in [0.15, 0.2) is 5.78 Å². The van der Waals surface area contributed by atoms with E-state index in [2.05, 4.69) is 23.8 Å². The maximum Gasteiger partial charge on any atom is 0.162 e. The van der Waals surface area contributed by atoms with Gasteiger partial charge in [-0.15, -0.1) is 0 Å². The van der Waals surface area contributed by atoms with Crippen LogP contribution in [0.4, 0.5) is 0 Å². The number of fused-ring (bicyclic) bond motifs is 1. The van der Waals surface area contributed by atoms with E-state index in [1.807, 2.05) is 18.2 Å². The molecular weight excluding hydrogens is 284 g/mol. The molecule has 23 heavy (non-hydrogen) atoms. The lowest BCUT2D eigenvalue weighted by Crippen LogP contribution is -2.33. The summed E-state index contributed by atoms with van der Waals surface area (Å²) in [5.41, 5.74) is 1.45. The monoisotopic (exact) mass is 312 g/mol. The summed E-state index contributed by atoms with van der Waals surface area (Å²) in [6.45, 7) is 5.07. The largest absolute Gasteiger partial charge is 0.294 e. The Labute approximate surface area is 138 Å². The highest BCUT2D eigenvalue weighted by Gasteiger charge is 2.40. The first-order valence-electron chi connectivity index (χ1n) is 9.17. The normalized spacial score (nSPS) is 21.0. The predicted octanol–water partition coefficient (Wildman–Crippen LogP) is 3.65. The van der Waals surface area contributed by atoms with E-state index in [1.54, 1.807) is 0 Å². The van der Waals surface area contributed by atoms with E-state index >= 15 is 0 Å². The smallest absolute Gasteiger partial charge is 0.162 e. The second-order valence-corrected chi connectivity index (χ2v) is 7.40. The Morgan fingerprint density at radius 3 is 2.78 bits per heavy atom. The topological polar surface area (TPSA) is 41.8 Å². The van der Waals surface area contributed by atoms with Crippen molar-refractivity contribution in [2.75, 3.05) is 6.54 Å². The van der Waals surface area contributed by atoms with Crippen molar-refractivity contribution in [1.29, 1.82) is 0 Å². The molecule has 0 aromatic heterocycles. The molecule has 0 amide bonds. The minimum absolute atomic E-state index is 0.252. The number of nitrogens with zero attached hydrogens (tertiary/aromatic N) is 2. The second-order valence-electron chi connectivity index (χ2n) is 7.40. The van der Waals surface area contributed by atoms with Crippen molar-refractivity contribution in [3.63, 3.8) is 0 Å². The van der Waals surface area contributed by atoms with Crippen LogP contribution in [-0.4, -0.2) is 18.4 Å². The summed E-state index contributed by atoms with van der Waals surface area (Å²) in [6, 6.07) is 6.04. The second kappa shape index (κ2) is 6.94. The summed E-state index contributed by atoms with van der Waals surface area (Å²) in [5.74, 6) is 0.252. The number of ketones is 1. The van der Waals surface area contributed by atoms with Crippen LogP contribution in [-0.2, 0) is 0 Å². The number of hydrogen-bond donors (Lipinski definition) is 0. The molecule has 1 atom stereocenters. The zero-order valence-electron chi connectivity index (χ0n) is 14.5. The van der Waals surface area contributed by atoms with Gasteiger partial charge < -0.3 is 0 Å². The quantitative estimate of drug-likeness (QED) is 0.533. The molecule has 1 aromatic rings. The average molecular weight is 312 g/mol. The van der Waals surface area contributed by atoms with Crippen LogP contribution in [0, 0.1) is 5.41 Å². The summed E-state index contributed by atoms with van der Waals surface area (Å²) in [7, 11) is 0. The number of rotatable bonds is 8. The van der Waals surface area contributed by atoms with E-state index in [4.69, 9.17) is 0 Å². The van der Waals surface area contributed by atoms with Gasteiger partial charge >= 0.3 is 0 Å². The third-order valence-electron chi connectivity index (χ3n) is 5.28. The molecule has 124 valence electrons. The molecule has 1 unspecified atom stereocenters. The number of carbonyl (C=O) groups is 1. The maximum atomic E-state index is 12.4. The first kappa shape index (κ1) is 16.4. The number of benzene rings is 1. The van der Waals surface area contributed by atoms with E-state index in [1.165, 1.54) is 38.5 Å². The Hall–Kier alpha value is -1.51. The molecule has 3 nitrogen and oxygen atoms in total. The van der Waals surface area contributed by atoms with Crippen molar-refractivity contribution in [2.45, 2.75) is 71.3 Å². The minimum atomic E-state index is 0.252. The molecule has 1 heterocycles. The van der Waals surface area contributed by atoms with Crippen molar-refractivity contribution in [2.24, 2.45) is 15.4 Å². The predicted molar refractivity (Wildman–Crippen MR) is 92.5 cm³/mol. The standard InChI is InChI=1S/C20H28N2O/c1-3-9-20(11-12-20)10-5-4-6-19(23)16-7-8-17-18(13-16)21-14-15(2)22-17/h7-8,13,15H,3-6,9-12,14H2,1-2H3. The number of unbranched alkanes of at least 4 members (excludes halogenated alkanes) is 1. The highest BCUT2D eigenvalue weighted by atomic mass is 16.1. The highest BCUT2D eigenvalue weighted by molar-refractivity contribution is 5.95. The van der Waals surface area contributed by atoms with Crippen LogP contribution in [0.3, 0.4) is 0 Å². The van der Waals surface area contributed by atoms with Gasteiger partial charge in [-0.2, -0.15) is 0 Å². The lowest BCUT2D eigenvalue weighted by molar-refractivity contribution is 0.0978. The maximum absolute atomic E-state index is 12.4. The van der Waals surface area contributed by atoms with Gasteiger partial charge in [0.25, 0.3) is 0 Å². The number of hydrogen-bond acceptors (Lipinski definition) is 3. The molecule has 0 bridgehead atoms. The minimum Gasteiger partial charge on any atom is -0.294 e. The molecule has 0 radical (unpaired) electrons. The van der Waals surface area contributed by atoms with Crippen LogP contribution in [0.15, 0.2) is 28.2 Å². The first-order valence-corrected chi connectivity index (χ1v) is 9.17. The summed E-state index contributed by atoms with van der Waals surface area (Å²) in [5, 5.41) is 1.81. The van der Waals surface area contributed by atoms with Gasteiger partial charge in [-0.05, 0) is 62.6 Å². The summed E-state index contributed by atoms with van der Waals surface area (Å²) >= 11 is 0. The molecule has 1 aliphatic heterocycles. The third kappa shape index (κ3) is 4.07. The van der Waals surface area contributed by atoms with Crippen LogP contribution in [0.1, 0.15) is 75.6 Å². The Balaban J connectivity index is 1.52. The molecule has 0 N–H and O–H groups in total. The lowest BCUT2D eigenvalue weighted by atomic mass is 9.93. The Morgan fingerprint density at radius 1 is 1.22 bits per heavy atom. The molecule has 1 fully saturated rings. The number of Topliss-reactive ketones (excluding diaryl/α,β-unsaturated/α-hetero) is 1. The fourth-order valence-corrected chi connectivity index (χ4v) is 3.70. The third-order valence-corrected chi connectivity index (χ3v) is 5.28. The fourth-order valence-electron chi connectivity index (χ4n) is 3.70. The molecule has 1 saturated carbocycles. The van der Waals surface area contributed by atoms with E-state index in [9.17, 15) is 4.79 Å². The summed E-state index contributed by atoms with van der Waals surface area (Å²) in [4.78, 5) is 21.5. The highest BCUT2D eigenvalue weighted by Crippen LogP contribution is 2.53. The molecule has 1 aliphatic carbocycles. The molecule has 0 saturated heterocycles. The van der Waals surface area contributed by atoms with Gasteiger partial charge in [0.05, 0.1) is 23.3 Å². The van der Waals surface area contributed by atoms with Crippen molar-refractivity contribution in [3.8, 4) is 0 Å². The van der Waals surface area contributed by atoms with E-state index in [0.717, 1.165) is 29.2 Å². The van der Waals surface area contributed by atoms with Gasteiger partial charge in [0, 0.05) is 12.0 Å². The van der Waals surface area contributed by atoms with Crippen molar-refractivity contribution < 1.29 is 4.79 Å². The van der Waals surface area contributed by atoms with Gasteiger partial charge in [-0.3, -0.25) is 14.8 Å². The Kier molecular flexibility index (Phi) is 4.93. The Bertz CT molecular complexity index is 688. The molecule has 1 aromatic carbocycles. The summed E-state index contributed by atoms with van der Waals surface area (Å²) < 4.78 is 0. The SMILES string of the molecule is CCCC1(CCCCC(=O)c2ccc3c(c2)=NCC(C)N=3)CC1. The lowest BCUT2D eigenvalue weighted by Gasteiger charge is -2.13. The summed E-state index contributed by atoms with van der Waals surface area (Å²) in [6.07, 6.45) is 9.65. The van der Waals surface area contributed by atoms with Crippen LogP contribution >= 0.6 is 0 Å². The van der Waals surface area contributed by atoms with E-state index in [-0.39, 0.29) is 11.8 Å². The molecular formula is C20H28N2O. The van der Waals surface area contributed by atoms with Crippen LogP contribution in [0.25, 0.3) is 0 Å². The van der Waals surface area contributed by atoms with Crippen LogP contribution < -0.4 is 10.7 Å². The Morgan fingerprint density at radius 2 is 2.04 bits per heavy atom. The van der Waals surface area contributed by atoms with Gasteiger partial charge in [0.1, 0.15) is 0 Å². The van der Waals surface area contributed by atoms with Crippen LogP contribution in [0.5, 0.6) is 0 Å². The number of carbonyl (C=O) groups excluding carboxylic acids is 1.